The minimum atomic E-state index is -0.142. The van der Waals surface area contributed by atoms with Gasteiger partial charge in [-0.05, 0) is 30.5 Å². The number of methoxy groups -OCH3 is 1. The van der Waals surface area contributed by atoms with Gasteiger partial charge < -0.3 is 15.4 Å². The summed E-state index contributed by atoms with van der Waals surface area (Å²) in [5, 5.41) is 6.20. The molecule has 2 aromatic rings. The first-order valence-corrected chi connectivity index (χ1v) is 8.24. The van der Waals surface area contributed by atoms with Crippen LogP contribution in [0, 0.1) is 0 Å². The lowest BCUT2D eigenvalue weighted by Crippen LogP contribution is -2.33. The molecule has 126 valence electrons. The van der Waals surface area contributed by atoms with Crippen LogP contribution in [0.25, 0.3) is 0 Å². The van der Waals surface area contributed by atoms with Gasteiger partial charge in [-0.25, -0.2) is 9.97 Å². The first kappa shape index (κ1) is 16.2. The highest BCUT2D eigenvalue weighted by Crippen LogP contribution is 2.18. The first-order valence-electron chi connectivity index (χ1n) is 8.24. The fourth-order valence-electron chi connectivity index (χ4n) is 2.80. The zero-order valence-corrected chi connectivity index (χ0v) is 13.8. The van der Waals surface area contributed by atoms with Gasteiger partial charge in [-0.2, -0.15) is 0 Å². The fourth-order valence-corrected chi connectivity index (χ4v) is 2.80. The number of carbonyl (C=O) groups excluding carboxylic acids is 1. The summed E-state index contributed by atoms with van der Waals surface area (Å²) in [6, 6.07) is 8.09. The summed E-state index contributed by atoms with van der Waals surface area (Å²) in [6.07, 6.45) is 7.59. The van der Waals surface area contributed by atoms with E-state index in [0.717, 1.165) is 24.2 Å². The highest BCUT2D eigenvalue weighted by Gasteiger charge is 2.18. The predicted molar refractivity (Wildman–Crippen MR) is 92.1 cm³/mol. The van der Waals surface area contributed by atoms with Gasteiger partial charge in [0.1, 0.15) is 17.3 Å². The minimum Gasteiger partial charge on any atom is -0.497 e. The van der Waals surface area contributed by atoms with E-state index in [1.54, 1.807) is 13.3 Å². The molecule has 6 nitrogen and oxygen atoms in total. The van der Waals surface area contributed by atoms with Gasteiger partial charge in [-0.15, -0.1) is 0 Å². The maximum atomic E-state index is 12.1. The number of nitrogens with zero attached hydrogens (tertiary/aromatic N) is 2. The molecule has 0 atom stereocenters. The standard InChI is InChI=1S/C18H22N4O2/c1-24-15-8-6-13(7-9-15)10-20-17-12-19-16(11-21-17)18(23)22-14-4-2-3-5-14/h6-9,11-12,14H,2-5,10H2,1H3,(H,20,21)(H,22,23). The molecule has 1 aromatic heterocycles. The van der Waals surface area contributed by atoms with Crippen LogP contribution in [-0.4, -0.2) is 29.0 Å². The number of benzene rings is 1. The van der Waals surface area contributed by atoms with Gasteiger partial charge in [0.2, 0.25) is 0 Å². The molecule has 24 heavy (non-hydrogen) atoms. The Kier molecular flexibility index (Phi) is 5.25. The Bertz CT molecular complexity index is 664. The van der Waals surface area contributed by atoms with E-state index < -0.39 is 0 Å². The number of rotatable bonds is 6. The summed E-state index contributed by atoms with van der Waals surface area (Å²) in [5.74, 6) is 1.33. The summed E-state index contributed by atoms with van der Waals surface area (Å²) in [7, 11) is 1.65. The maximum Gasteiger partial charge on any atom is 0.271 e. The highest BCUT2D eigenvalue weighted by atomic mass is 16.5. The molecule has 1 aliphatic carbocycles. The van der Waals surface area contributed by atoms with Crippen LogP contribution in [0.15, 0.2) is 36.7 Å². The number of anilines is 1. The lowest BCUT2D eigenvalue weighted by Gasteiger charge is -2.11. The molecule has 1 fully saturated rings. The van der Waals surface area contributed by atoms with Crippen molar-refractivity contribution in [2.45, 2.75) is 38.3 Å². The van der Waals surface area contributed by atoms with Gasteiger partial charge in [-0.1, -0.05) is 25.0 Å². The smallest absolute Gasteiger partial charge is 0.271 e. The SMILES string of the molecule is COc1ccc(CNc2cnc(C(=O)NC3CCCC3)cn2)cc1. The van der Waals surface area contributed by atoms with Crippen molar-refractivity contribution in [3.63, 3.8) is 0 Å². The summed E-state index contributed by atoms with van der Waals surface area (Å²) in [6.45, 7) is 0.631. The Balaban J connectivity index is 1.52. The van der Waals surface area contributed by atoms with Crippen molar-refractivity contribution in [3.8, 4) is 5.75 Å². The van der Waals surface area contributed by atoms with E-state index in [-0.39, 0.29) is 11.9 Å². The molecule has 3 rings (SSSR count). The molecule has 1 aromatic carbocycles. The largest absolute Gasteiger partial charge is 0.497 e. The number of ether oxygens (including phenoxy) is 1. The van der Waals surface area contributed by atoms with Crippen LogP contribution in [-0.2, 0) is 6.54 Å². The van der Waals surface area contributed by atoms with Gasteiger partial charge in [0.05, 0.1) is 19.5 Å². The van der Waals surface area contributed by atoms with Crippen LogP contribution in [0.4, 0.5) is 5.82 Å². The second-order valence-electron chi connectivity index (χ2n) is 5.94. The Labute approximate surface area is 141 Å². The third-order valence-electron chi connectivity index (χ3n) is 4.21. The van der Waals surface area contributed by atoms with Gasteiger partial charge in [0, 0.05) is 12.6 Å². The number of hydrogen-bond acceptors (Lipinski definition) is 5. The molecule has 0 saturated heterocycles. The lowest BCUT2D eigenvalue weighted by molar-refractivity contribution is 0.0932. The topological polar surface area (TPSA) is 76.1 Å². The fraction of sp³-hybridized carbons (Fsp3) is 0.389. The Morgan fingerprint density at radius 3 is 2.54 bits per heavy atom. The molecule has 0 spiro atoms. The molecule has 0 unspecified atom stereocenters. The van der Waals surface area contributed by atoms with E-state index >= 15 is 0 Å². The van der Waals surface area contributed by atoms with Crippen LogP contribution >= 0.6 is 0 Å². The highest BCUT2D eigenvalue weighted by molar-refractivity contribution is 5.92. The number of nitrogens with one attached hydrogen (secondary N) is 2. The van der Waals surface area contributed by atoms with Crippen LogP contribution < -0.4 is 15.4 Å². The summed E-state index contributed by atoms with van der Waals surface area (Å²) >= 11 is 0. The molecule has 1 amide bonds. The predicted octanol–water partition coefficient (Wildman–Crippen LogP) is 2.77. The molecular formula is C18H22N4O2. The zero-order chi connectivity index (χ0) is 16.8. The Hall–Kier alpha value is -2.63. The molecule has 2 N–H and O–H groups in total. The minimum absolute atomic E-state index is 0.142. The summed E-state index contributed by atoms with van der Waals surface area (Å²) < 4.78 is 5.13. The van der Waals surface area contributed by atoms with Gasteiger partial charge >= 0.3 is 0 Å². The quantitative estimate of drug-likeness (QED) is 0.853. The van der Waals surface area contributed by atoms with Crippen molar-refractivity contribution >= 4 is 11.7 Å². The Morgan fingerprint density at radius 1 is 1.17 bits per heavy atom. The molecule has 1 aliphatic rings. The third-order valence-corrected chi connectivity index (χ3v) is 4.21. The molecular weight excluding hydrogens is 304 g/mol. The van der Waals surface area contributed by atoms with Crippen molar-refractivity contribution in [2.75, 3.05) is 12.4 Å². The molecule has 0 radical (unpaired) electrons. The average molecular weight is 326 g/mol. The Morgan fingerprint density at radius 2 is 1.92 bits per heavy atom. The zero-order valence-electron chi connectivity index (χ0n) is 13.8. The molecule has 0 aliphatic heterocycles. The number of hydrogen-bond donors (Lipinski definition) is 2. The van der Waals surface area contributed by atoms with Crippen molar-refractivity contribution in [3.05, 3.63) is 47.9 Å². The summed E-state index contributed by atoms with van der Waals surface area (Å²) in [4.78, 5) is 20.6. The third kappa shape index (κ3) is 4.22. The van der Waals surface area contributed by atoms with Crippen molar-refractivity contribution in [1.82, 2.24) is 15.3 Å². The second-order valence-corrected chi connectivity index (χ2v) is 5.94. The van der Waals surface area contributed by atoms with E-state index in [1.165, 1.54) is 19.0 Å². The van der Waals surface area contributed by atoms with Crippen molar-refractivity contribution in [2.24, 2.45) is 0 Å². The van der Waals surface area contributed by atoms with E-state index in [9.17, 15) is 4.79 Å². The van der Waals surface area contributed by atoms with E-state index in [0.29, 0.717) is 18.1 Å². The number of aromatic nitrogens is 2. The van der Waals surface area contributed by atoms with E-state index in [2.05, 4.69) is 20.6 Å². The van der Waals surface area contributed by atoms with Gasteiger partial charge in [-0.3, -0.25) is 4.79 Å². The molecule has 1 heterocycles. The molecule has 1 saturated carbocycles. The van der Waals surface area contributed by atoms with Crippen molar-refractivity contribution in [1.29, 1.82) is 0 Å². The van der Waals surface area contributed by atoms with Crippen LogP contribution in [0.1, 0.15) is 41.7 Å². The number of amides is 1. The molecule has 0 bridgehead atoms. The summed E-state index contributed by atoms with van der Waals surface area (Å²) in [5.41, 5.74) is 1.47. The normalized spacial score (nSPS) is 14.4. The average Bonchev–Trinajstić information content (AvgIpc) is 3.14. The lowest BCUT2D eigenvalue weighted by atomic mass is 10.2. The van der Waals surface area contributed by atoms with E-state index in [4.69, 9.17) is 4.74 Å². The maximum absolute atomic E-state index is 12.1. The monoisotopic (exact) mass is 326 g/mol. The van der Waals surface area contributed by atoms with Gasteiger partial charge in [0.25, 0.3) is 5.91 Å². The second kappa shape index (κ2) is 7.77. The number of carbonyl (C=O) groups is 1. The first-order chi connectivity index (χ1) is 11.7. The molecule has 6 heteroatoms. The van der Waals surface area contributed by atoms with Crippen LogP contribution in [0.2, 0.25) is 0 Å². The van der Waals surface area contributed by atoms with Crippen LogP contribution in [0.3, 0.4) is 0 Å². The van der Waals surface area contributed by atoms with E-state index in [1.807, 2.05) is 24.3 Å². The van der Waals surface area contributed by atoms with Crippen molar-refractivity contribution < 1.29 is 9.53 Å². The van der Waals surface area contributed by atoms with Gasteiger partial charge in [0.15, 0.2) is 0 Å². The van der Waals surface area contributed by atoms with Crippen LogP contribution in [0.5, 0.6) is 5.75 Å².